The van der Waals surface area contributed by atoms with Gasteiger partial charge in [0, 0.05) is 0 Å². The third-order valence-electron chi connectivity index (χ3n) is 3.41. The fraction of sp³-hybridized carbons (Fsp3) is 0.235. The van der Waals surface area contributed by atoms with Crippen LogP contribution in [0.2, 0.25) is 0 Å². The molecule has 28 heavy (non-hydrogen) atoms. The van der Waals surface area contributed by atoms with Gasteiger partial charge in [-0.05, 0) is 38.1 Å². The number of carbonyl (C=O) groups is 1. The van der Waals surface area contributed by atoms with Crippen molar-refractivity contribution in [2.24, 2.45) is 0 Å². The molecule has 0 radical (unpaired) electrons. The van der Waals surface area contributed by atoms with Crippen LogP contribution in [0.4, 0.5) is 16.2 Å². The van der Waals surface area contributed by atoms with Gasteiger partial charge < -0.3 is 19.0 Å². The van der Waals surface area contributed by atoms with E-state index in [1.54, 1.807) is 24.3 Å². The van der Waals surface area contributed by atoms with E-state index in [9.17, 15) is 21.6 Å². The topological polar surface area (TPSA) is 128 Å². The molecule has 0 saturated carbocycles. The van der Waals surface area contributed by atoms with Crippen LogP contribution in [0.25, 0.3) is 0 Å². The smallest absolute Gasteiger partial charge is 0.323 e. The van der Waals surface area contributed by atoms with Crippen LogP contribution in [0.3, 0.4) is 0 Å². The van der Waals surface area contributed by atoms with Crippen LogP contribution < -0.4 is 19.0 Å². The van der Waals surface area contributed by atoms with Crippen LogP contribution in [-0.4, -0.2) is 34.4 Å². The molecule has 0 aromatic heterocycles. The van der Waals surface area contributed by atoms with Crippen LogP contribution in [0.5, 0.6) is 11.5 Å². The molecule has 0 aliphatic carbocycles. The maximum Gasteiger partial charge on any atom is 0.323 e. The summed E-state index contributed by atoms with van der Waals surface area (Å²) in [6, 6.07) is 11.3. The summed E-state index contributed by atoms with van der Waals surface area (Å²) in [6.45, 7) is 2.86. The number of benzene rings is 2. The van der Waals surface area contributed by atoms with E-state index >= 15 is 0 Å². The Labute approximate surface area is 163 Å². The highest BCUT2D eigenvalue weighted by Gasteiger charge is 2.17. The SMILES string of the molecule is CCS(=O)(=O)Oc1ccccc1NC(=O)Nc1ccccc1OS(=O)(=O)CC. The second-order valence-corrected chi connectivity index (χ2v) is 9.15. The van der Waals surface area contributed by atoms with Gasteiger partial charge in [0.15, 0.2) is 11.5 Å². The summed E-state index contributed by atoms with van der Waals surface area (Å²) in [4.78, 5) is 12.3. The Morgan fingerprint density at radius 3 is 1.46 bits per heavy atom. The number of hydrogen-bond acceptors (Lipinski definition) is 7. The lowest BCUT2D eigenvalue weighted by atomic mass is 10.3. The molecule has 2 aromatic rings. The lowest BCUT2D eigenvalue weighted by Gasteiger charge is -2.14. The first-order valence-electron chi connectivity index (χ1n) is 8.26. The molecular weight excluding hydrogens is 408 g/mol. The van der Waals surface area contributed by atoms with Gasteiger partial charge in [0.25, 0.3) is 0 Å². The molecule has 2 amide bonds. The number of para-hydroxylation sites is 4. The predicted octanol–water partition coefficient (Wildman–Crippen LogP) is 2.79. The molecule has 0 atom stereocenters. The average molecular weight is 428 g/mol. The van der Waals surface area contributed by atoms with E-state index in [-0.39, 0.29) is 34.4 Å². The van der Waals surface area contributed by atoms with Crippen molar-refractivity contribution in [3.8, 4) is 11.5 Å². The van der Waals surface area contributed by atoms with E-state index in [4.69, 9.17) is 8.37 Å². The molecular formula is C17H20N2O7S2. The zero-order chi connectivity index (χ0) is 20.8. The number of hydrogen-bond donors (Lipinski definition) is 2. The summed E-state index contributed by atoms with van der Waals surface area (Å²) in [5, 5.41) is 4.93. The summed E-state index contributed by atoms with van der Waals surface area (Å²) >= 11 is 0. The van der Waals surface area contributed by atoms with Crippen molar-refractivity contribution < 1.29 is 30.0 Å². The second-order valence-electron chi connectivity index (χ2n) is 5.43. The average Bonchev–Trinajstić information content (AvgIpc) is 2.64. The Balaban J connectivity index is 2.19. The van der Waals surface area contributed by atoms with E-state index in [1.165, 1.54) is 38.1 Å². The van der Waals surface area contributed by atoms with Gasteiger partial charge in [0.1, 0.15) is 0 Å². The summed E-state index contributed by atoms with van der Waals surface area (Å²) in [6.07, 6.45) is 0. The number of amides is 2. The summed E-state index contributed by atoms with van der Waals surface area (Å²) in [5.41, 5.74) is 0.244. The van der Waals surface area contributed by atoms with Crippen LogP contribution in [0.15, 0.2) is 48.5 Å². The standard InChI is InChI=1S/C17H20N2O7S2/c1-3-27(21,22)25-15-11-7-5-9-13(15)18-17(20)19-14-10-6-8-12-16(14)26-28(23,24)4-2/h5-12H,3-4H2,1-2H3,(H2,18,19,20). The first-order valence-corrected chi connectivity index (χ1v) is 11.4. The molecule has 0 heterocycles. The molecule has 0 aliphatic heterocycles. The molecule has 152 valence electrons. The number of rotatable bonds is 8. The van der Waals surface area contributed by atoms with E-state index in [0.29, 0.717) is 0 Å². The van der Waals surface area contributed by atoms with Gasteiger partial charge in [-0.2, -0.15) is 16.8 Å². The van der Waals surface area contributed by atoms with Crippen molar-refractivity contribution in [3.63, 3.8) is 0 Å². The largest absolute Gasteiger partial charge is 0.380 e. The number of nitrogens with one attached hydrogen (secondary N) is 2. The van der Waals surface area contributed by atoms with E-state index in [2.05, 4.69) is 10.6 Å². The van der Waals surface area contributed by atoms with Crippen LogP contribution in [0, 0.1) is 0 Å². The Kier molecular flexibility index (Phi) is 6.86. The number of carbonyl (C=O) groups excluding carboxylic acids is 1. The Morgan fingerprint density at radius 1 is 0.750 bits per heavy atom. The fourth-order valence-electron chi connectivity index (χ4n) is 1.95. The quantitative estimate of drug-likeness (QED) is 0.619. The third kappa shape index (κ3) is 6.13. The van der Waals surface area contributed by atoms with Gasteiger partial charge >= 0.3 is 26.3 Å². The van der Waals surface area contributed by atoms with Crippen molar-refractivity contribution in [2.75, 3.05) is 22.1 Å². The van der Waals surface area contributed by atoms with E-state index < -0.39 is 26.3 Å². The van der Waals surface area contributed by atoms with Gasteiger partial charge in [0.2, 0.25) is 0 Å². The summed E-state index contributed by atoms with van der Waals surface area (Å²) < 4.78 is 56.6. The van der Waals surface area contributed by atoms with Gasteiger partial charge in [-0.3, -0.25) is 0 Å². The highest BCUT2D eigenvalue weighted by atomic mass is 32.2. The van der Waals surface area contributed by atoms with Gasteiger partial charge in [-0.25, -0.2) is 4.79 Å². The maximum atomic E-state index is 12.3. The maximum absolute atomic E-state index is 12.3. The minimum Gasteiger partial charge on any atom is -0.380 e. The van der Waals surface area contributed by atoms with Gasteiger partial charge in [0.05, 0.1) is 22.9 Å². The highest BCUT2D eigenvalue weighted by Crippen LogP contribution is 2.28. The van der Waals surface area contributed by atoms with Crippen LogP contribution in [0.1, 0.15) is 13.8 Å². The van der Waals surface area contributed by atoms with E-state index in [1.807, 2.05) is 0 Å². The molecule has 0 fully saturated rings. The zero-order valence-electron chi connectivity index (χ0n) is 15.2. The minimum atomic E-state index is -3.78. The molecule has 11 heteroatoms. The minimum absolute atomic E-state index is 0.0439. The molecule has 0 unspecified atom stereocenters. The first-order chi connectivity index (χ1) is 13.2. The lowest BCUT2D eigenvalue weighted by Crippen LogP contribution is -2.21. The van der Waals surface area contributed by atoms with E-state index in [0.717, 1.165) is 0 Å². The second kappa shape index (κ2) is 8.93. The number of anilines is 2. The molecule has 0 bridgehead atoms. The molecule has 2 aromatic carbocycles. The summed E-state index contributed by atoms with van der Waals surface area (Å²) in [7, 11) is -7.56. The normalized spacial score (nSPS) is 11.5. The molecule has 0 spiro atoms. The predicted molar refractivity (Wildman–Crippen MR) is 106 cm³/mol. The lowest BCUT2D eigenvalue weighted by molar-refractivity contribution is 0.262. The Bertz CT molecular complexity index is 967. The van der Waals surface area contributed by atoms with Crippen LogP contribution in [-0.2, 0) is 20.2 Å². The third-order valence-corrected chi connectivity index (χ3v) is 5.69. The fourth-order valence-corrected chi connectivity index (χ4v) is 3.03. The van der Waals surface area contributed by atoms with Crippen molar-refractivity contribution >= 4 is 37.6 Å². The van der Waals surface area contributed by atoms with Gasteiger partial charge in [-0.15, -0.1) is 0 Å². The Hall–Kier alpha value is -2.79. The zero-order valence-corrected chi connectivity index (χ0v) is 16.8. The molecule has 0 saturated heterocycles. The number of urea groups is 1. The van der Waals surface area contributed by atoms with Gasteiger partial charge in [-0.1, -0.05) is 24.3 Å². The van der Waals surface area contributed by atoms with Crippen LogP contribution >= 0.6 is 0 Å². The van der Waals surface area contributed by atoms with Crippen molar-refractivity contribution in [2.45, 2.75) is 13.8 Å². The highest BCUT2D eigenvalue weighted by molar-refractivity contribution is 7.87. The molecule has 2 N–H and O–H groups in total. The molecule has 0 aliphatic rings. The molecule has 9 nitrogen and oxygen atoms in total. The first kappa shape index (κ1) is 21.5. The monoisotopic (exact) mass is 428 g/mol. The molecule has 2 rings (SSSR count). The summed E-state index contributed by atoms with van der Waals surface area (Å²) in [5.74, 6) is -0.552. The Morgan fingerprint density at radius 2 is 1.11 bits per heavy atom. The van der Waals surface area contributed by atoms with Crippen molar-refractivity contribution in [3.05, 3.63) is 48.5 Å². The van der Waals surface area contributed by atoms with Crippen molar-refractivity contribution in [1.29, 1.82) is 0 Å². The van der Waals surface area contributed by atoms with Crippen molar-refractivity contribution in [1.82, 2.24) is 0 Å².